The Kier molecular flexibility index (Phi) is 3.00. The van der Waals surface area contributed by atoms with Crippen molar-refractivity contribution in [2.45, 2.75) is 18.1 Å². The van der Waals surface area contributed by atoms with E-state index in [1.165, 1.54) is 0 Å². The summed E-state index contributed by atoms with van der Waals surface area (Å²) in [5.41, 5.74) is 0.476. The van der Waals surface area contributed by atoms with E-state index in [1.54, 1.807) is 6.07 Å². The van der Waals surface area contributed by atoms with Crippen LogP contribution in [0.1, 0.15) is 23.8 Å². The Labute approximate surface area is 101 Å². The largest absolute Gasteiger partial charge is 0.228 e. The van der Waals surface area contributed by atoms with Crippen LogP contribution in [0.2, 0.25) is 5.15 Å². The minimum absolute atomic E-state index is 0.236. The first-order chi connectivity index (χ1) is 7.00. The van der Waals surface area contributed by atoms with Gasteiger partial charge in [-0.2, -0.15) is 5.10 Å². The molecule has 1 aliphatic rings. The van der Waals surface area contributed by atoms with Crippen molar-refractivity contribution in [2.75, 3.05) is 5.75 Å². The van der Waals surface area contributed by atoms with Crippen LogP contribution in [-0.4, -0.2) is 24.4 Å². The molecular weight excluding hydrogens is 304 g/mol. The summed E-state index contributed by atoms with van der Waals surface area (Å²) in [5, 5.41) is 7.25. The van der Waals surface area contributed by atoms with E-state index in [4.69, 9.17) is 11.6 Å². The van der Waals surface area contributed by atoms with Gasteiger partial charge in [-0.05, 0) is 34.8 Å². The summed E-state index contributed by atoms with van der Waals surface area (Å²) in [6, 6.07) is 1.63. The molecule has 0 aromatic carbocycles. The summed E-state index contributed by atoms with van der Waals surface area (Å²) in [7, 11) is -3.04. The van der Waals surface area contributed by atoms with Crippen molar-refractivity contribution in [1.29, 1.82) is 0 Å². The van der Waals surface area contributed by atoms with Crippen molar-refractivity contribution < 1.29 is 8.42 Å². The van der Waals surface area contributed by atoms with E-state index < -0.39 is 15.1 Å². The van der Waals surface area contributed by atoms with Gasteiger partial charge >= 0.3 is 0 Å². The van der Waals surface area contributed by atoms with Crippen molar-refractivity contribution >= 4 is 37.4 Å². The number of hydrogen-bond acceptors (Lipinski definition) is 4. The van der Waals surface area contributed by atoms with E-state index in [0.29, 0.717) is 23.0 Å². The van der Waals surface area contributed by atoms with Crippen LogP contribution in [0.4, 0.5) is 0 Å². The average Bonchev–Trinajstić information content (AvgIpc) is 2.50. The van der Waals surface area contributed by atoms with E-state index in [1.807, 2.05) is 0 Å². The minimum Gasteiger partial charge on any atom is -0.228 e. The molecule has 1 aromatic rings. The van der Waals surface area contributed by atoms with E-state index >= 15 is 0 Å². The molecule has 1 aliphatic heterocycles. The first-order valence-electron chi connectivity index (χ1n) is 4.41. The lowest BCUT2D eigenvalue weighted by Gasteiger charge is -2.07. The molecule has 2 rings (SSSR count). The molecule has 82 valence electrons. The number of nitrogens with zero attached hydrogens (tertiary/aromatic N) is 2. The number of rotatable bonds is 1. The lowest BCUT2D eigenvalue weighted by molar-refractivity contribution is 0.590. The molecule has 0 bridgehead atoms. The Bertz CT molecular complexity index is 491. The van der Waals surface area contributed by atoms with Gasteiger partial charge < -0.3 is 0 Å². The van der Waals surface area contributed by atoms with Crippen LogP contribution in [-0.2, 0) is 9.84 Å². The van der Waals surface area contributed by atoms with E-state index in [-0.39, 0.29) is 10.9 Å². The van der Waals surface area contributed by atoms with E-state index in [2.05, 4.69) is 26.1 Å². The van der Waals surface area contributed by atoms with Gasteiger partial charge in [-0.3, -0.25) is 0 Å². The van der Waals surface area contributed by atoms with Crippen LogP contribution >= 0.6 is 27.5 Å². The summed E-state index contributed by atoms with van der Waals surface area (Å²) in [6.07, 6.45) is 1.31. The molecular formula is C8H8BrClN2O2S. The quantitative estimate of drug-likeness (QED) is 0.797. The topological polar surface area (TPSA) is 59.9 Å². The molecule has 1 saturated heterocycles. The Hall–Kier alpha value is -0.200. The van der Waals surface area contributed by atoms with Gasteiger partial charge in [0.05, 0.1) is 15.9 Å². The predicted molar refractivity (Wildman–Crippen MR) is 60.5 cm³/mol. The second-order valence-electron chi connectivity index (χ2n) is 3.41. The standard InChI is InChI=1S/C8H8BrClN2O2S/c9-5-4-6(11-12-8(5)10)7-2-1-3-15(7,13)14/h4,7H,1-3H2. The molecule has 0 radical (unpaired) electrons. The fourth-order valence-corrected chi connectivity index (χ4v) is 3.92. The highest BCUT2D eigenvalue weighted by atomic mass is 79.9. The molecule has 0 spiro atoms. The van der Waals surface area contributed by atoms with Gasteiger partial charge in [0, 0.05) is 0 Å². The molecule has 7 heteroatoms. The van der Waals surface area contributed by atoms with Crippen molar-refractivity contribution in [3.8, 4) is 0 Å². The molecule has 0 aliphatic carbocycles. The molecule has 0 amide bonds. The third kappa shape index (κ3) is 2.16. The maximum absolute atomic E-state index is 11.6. The van der Waals surface area contributed by atoms with Crippen LogP contribution in [0, 0.1) is 0 Å². The maximum Gasteiger partial charge on any atom is 0.165 e. The lowest BCUT2D eigenvalue weighted by Crippen LogP contribution is -2.10. The second-order valence-corrected chi connectivity index (χ2v) is 6.92. The SMILES string of the molecule is O=S1(=O)CCCC1c1cc(Br)c(Cl)nn1. The van der Waals surface area contributed by atoms with Crippen LogP contribution in [0.15, 0.2) is 10.5 Å². The average molecular weight is 312 g/mol. The summed E-state index contributed by atoms with van der Waals surface area (Å²) < 4.78 is 23.9. The number of sulfone groups is 1. The highest BCUT2D eigenvalue weighted by Gasteiger charge is 2.34. The van der Waals surface area contributed by atoms with Crippen molar-refractivity contribution in [3.63, 3.8) is 0 Å². The van der Waals surface area contributed by atoms with Gasteiger partial charge in [0.15, 0.2) is 15.0 Å². The van der Waals surface area contributed by atoms with Crippen LogP contribution in [0.5, 0.6) is 0 Å². The molecule has 4 nitrogen and oxygen atoms in total. The van der Waals surface area contributed by atoms with E-state index in [9.17, 15) is 8.42 Å². The molecule has 1 atom stereocenters. The summed E-state index contributed by atoms with van der Waals surface area (Å²) in [4.78, 5) is 0. The summed E-state index contributed by atoms with van der Waals surface area (Å²) in [5.74, 6) is 0.236. The lowest BCUT2D eigenvalue weighted by atomic mass is 10.2. The summed E-state index contributed by atoms with van der Waals surface area (Å²) in [6.45, 7) is 0. The van der Waals surface area contributed by atoms with Gasteiger partial charge in [0.25, 0.3) is 0 Å². The van der Waals surface area contributed by atoms with Crippen molar-refractivity contribution in [1.82, 2.24) is 10.2 Å². The maximum atomic E-state index is 11.6. The zero-order valence-corrected chi connectivity index (χ0v) is 10.8. The highest BCUT2D eigenvalue weighted by molar-refractivity contribution is 9.10. The smallest absolute Gasteiger partial charge is 0.165 e. The number of hydrogen-bond donors (Lipinski definition) is 0. The fraction of sp³-hybridized carbons (Fsp3) is 0.500. The number of aromatic nitrogens is 2. The molecule has 0 N–H and O–H groups in total. The first kappa shape index (κ1) is 11.3. The monoisotopic (exact) mass is 310 g/mol. The first-order valence-corrected chi connectivity index (χ1v) is 7.29. The Morgan fingerprint density at radius 2 is 2.20 bits per heavy atom. The second kappa shape index (κ2) is 3.99. The van der Waals surface area contributed by atoms with Crippen LogP contribution in [0.3, 0.4) is 0 Å². The zero-order valence-electron chi connectivity index (χ0n) is 7.65. The summed E-state index contributed by atoms with van der Waals surface area (Å²) >= 11 is 8.89. The van der Waals surface area contributed by atoms with Gasteiger partial charge in [-0.25, -0.2) is 8.42 Å². The van der Waals surface area contributed by atoms with Gasteiger partial charge in [0.2, 0.25) is 0 Å². The van der Waals surface area contributed by atoms with E-state index in [0.717, 1.165) is 0 Å². The predicted octanol–water partition coefficient (Wildman–Crippen LogP) is 2.14. The Balaban J connectivity index is 2.42. The molecule has 1 aromatic heterocycles. The third-order valence-corrected chi connectivity index (χ3v) is 5.70. The van der Waals surface area contributed by atoms with Gasteiger partial charge in [-0.15, -0.1) is 5.10 Å². The van der Waals surface area contributed by atoms with Crippen molar-refractivity contribution in [3.05, 3.63) is 21.4 Å². The Morgan fingerprint density at radius 3 is 2.73 bits per heavy atom. The van der Waals surface area contributed by atoms with Crippen LogP contribution in [0.25, 0.3) is 0 Å². The normalized spacial score (nSPS) is 24.3. The molecule has 0 saturated carbocycles. The molecule has 2 heterocycles. The highest BCUT2D eigenvalue weighted by Crippen LogP contribution is 2.34. The Morgan fingerprint density at radius 1 is 1.47 bits per heavy atom. The van der Waals surface area contributed by atoms with Crippen molar-refractivity contribution in [2.24, 2.45) is 0 Å². The minimum atomic E-state index is -3.04. The third-order valence-electron chi connectivity index (χ3n) is 2.38. The zero-order chi connectivity index (χ0) is 11.1. The van der Waals surface area contributed by atoms with Gasteiger partial charge in [0.1, 0.15) is 5.25 Å². The van der Waals surface area contributed by atoms with Crippen LogP contribution < -0.4 is 0 Å². The number of halogens is 2. The van der Waals surface area contributed by atoms with Gasteiger partial charge in [-0.1, -0.05) is 11.6 Å². The fourth-order valence-electron chi connectivity index (χ4n) is 1.65. The molecule has 15 heavy (non-hydrogen) atoms. The molecule has 1 fully saturated rings. The molecule has 1 unspecified atom stereocenters.